The number of carbonyl (C=O) groups excluding carboxylic acids is 1. The molecule has 19 heavy (non-hydrogen) atoms. The van der Waals surface area contributed by atoms with Gasteiger partial charge in [-0.1, -0.05) is 6.92 Å². The number of ether oxygens (including phenoxy) is 1. The van der Waals surface area contributed by atoms with E-state index < -0.39 is 5.54 Å². The molecule has 0 N–H and O–H groups in total. The molecule has 0 aromatic carbocycles. The minimum atomic E-state index is -0.433. The summed E-state index contributed by atoms with van der Waals surface area (Å²) in [5.74, 6) is -0.127. The van der Waals surface area contributed by atoms with Crippen LogP contribution >= 0.6 is 0 Å². The molecule has 0 amide bonds. The summed E-state index contributed by atoms with van der Waals surface area (Å²) >= 11 is 0. The van der Waals surface area contributed by atoms with Gasteiger partial charge in [-0.05, 0) is 27.2 Å². The fourth-order valence-electron chi connectivity index (χ4n) is 2.48. The molecule has 0 aliphatic carbocycles. The van der Waals surface area contributed by atoms with Crippen LogP contribution in [0.3, 0.4) is 0 Å². The van der Waals surface area contributed by atoms with E-state index in [0.29, 0.717) is 6.61 Å². The summed E-state index contributed by atoms with van der Waals surface area (Å²) in [6.45, 7) is 11.4. The molecule has 1 fully saturated rings. The number of esters is 1. The predicted octanol–water partition coefficient (Wildman–Crippen LogP) is 1.25. The lowest BCUT2D eigenvalue weighted by atomic mass is 10.0. The Bertz CT molecular complexity index is 341. The first kappa shape index (κ1) is 15.9. The average Bonchev–Trinajstić information content (AvgIpc) is 2.40. The van der Waals surface area contributed by atoms with Gasteiger partial charge in [-0.15, -0.1) is 0 Å². The van der Waals surface area contributed by atoms with E-state index >= 15 is 0 Å². The van der Waals surface area contributed by atoms with Crippen molar-refractivity contribution in [3.05, 3.63) is 0 Å². The van der Waals surface area contributed by atoms with E-state index in [-0.39, 0.29) is 12.0 Å². The number of nitrogens with zero attached hydrogens (tertiary/aromatic N) is 3. The molecule has 5 heteroatoms. The normalized spacial score (nSPS) is 19.7. The first-order chi connectivity index (χ1) is 8.96. The van der Waals surface area contributed by atoms with Gasteiger partial charge in [-0.2, -0.15) is 5.26 Å². The second-order valence-corrected chi connectivity index (χ2v) is 5.37. The van der Waals surface area contributed by atoms with Gasteiger partial charge in [0.25, 0.3) is 0 Å². The van der Waals surface area contributed by atoms with E-state index in [9.17, 15) is 4.79 Å². The topological polar surface area (TPSA) is 56.6 Å². The van der Waals surface area contributed by atoms with Crippen molar-refractivity contribution in [3.8, 4) is 6.07 Å². The second-order valence-electron chi connectivity index (χ2n) is 5.37. The van der Waals surface area contributed by atoms with Crippen LogP contribution in [0.15, 0.2) is 0 Å². The van der Waals surface area contributed by atoms with Gasteiger partial charge in [0.15, 0.2) is 0 Å². The Balaban J connectivity index is 2.57. The zero-order chi connectivity index (χ0) is 14.5. The molecule has 1 unspecified atom stereocenters. The maximum absolute atomic E-state index is 11.9. The maximum Gasteiger partial charge on any atom is 0.323 e. The average molecular weight is 267 g/mol. The van der Waals surface area contributed by atoms with Gasteiger partial charge in [0.05, 0.1) is 12.7 Å². The molecule has 0 aromatic rings. The minimum Gasteiger partial charge on any atom is -0.465 e. The van der Waals surface area contributed by atoms with E-state index in [4.69, 9.17) is 10.00 Å². The van der Waals surface area contributed by atoms with Crippen LogP contribution in [0.2, 0.25) is 0 Å². The molecule has 0 aromatic heterocycles. The highest BCUT2D eigenvalue weighted by atomic mass is 16.5. The van der Waals surface area contributed by atoms with Crippen LogP contribution in [-0.4, -0.2) is 60.1 Å². The number of piperazine rings is 1. The van der Waals surface area contributed by atoms with Gasteiger partial charge in [-0.25, -0.2) is 0 Å². The smallest absolute Gasteiger partial charge is 0.323 e. The van der Waals surface area contributed by atoms with Crippen molar-refractivity contribution in [2.45, 2.75) is 45.7 Å². The molecule has 108 valence electrons. The Labute approximate surface area is 116 Å². The zero-order valence-electron chi connectivity index (χ0n) is 12.5. The highest BCUT2D eigenvalue weighted by Gasteiger charge is 2.33. The van der Waals surface area contributed by atoms with Gasteiger partial charge < -0.3 is 4.74 Å². The van der Waals surface area contributed by atoms with Crippen LogP contribution in [0.4, 0.5) is 0 Å². The van der Waals surface area contributed by atoms with Crippen LogP contribution in [0.5, 0.6) is 0 Å². The number of hydrogen-bond donors (Lipinski definition) is 0. The quantitative estimate of drug-likeness (QED) is 0.702. The fourth-order valence-corrected chi connectivity index (χ4v) is 2.48. The van der Waals surface area contributed by atoms with Crippen LogP contribution in [-0.2, 0) is 9.53 Å². The second kappa shape index (κ2) is 6.88. The van der Waals surface area contributed by atoms with Gasteiger partial charge >= 0.3 is 5.97 Å². The Hall–Kier alpha value is -1.12. The summed E-state index contributed by atoms with van der Waals surface area (Å²) in [5, 5.41) is 9.15. The van der Waals surface area contributed by atoms with E-state index in [1.165, 1.54) is 0 Å². The van der Waals surface area contributed by atoms with Gasteiger partial charge in [0.2, 0.25) is 0 Å². The third-order valence-electron chi connectivity index (χ3n) is 3.76. The van der Waals surface area contributed by atoms with Crippen molar-refractivity contribution in [2.75, 3.05) is 32.8 Å². The summed E-state index contributed by atoms with van der Waals surface area (Å²) in [7, 11) is 0. The molecule has 1 aliphatic rings. The SMILES string of the molecule is CCOC(=O)C(CC)N1CCN(C(C)(C)C#N)CC1. The maximum atomic E-state index is 11.9. The monoisotopic (exact) mass is 267 g/mol. The third-order valence-corrected chi connectivity index (χ3v) is 3.76. The van der Waals surface area contributed by atoms with Crippen LogP contribution < -0.4 is 0 Å². The third kappa shape index (κ3) is 3.92. The lowest BCUT2D eigenvalue weighted by molar-refractivity contribution is -0.150. The lowest BCUT2D eigenvalue weighted by Crippen LogP contribution is -2.57. The number of carbonyl (C=O) groups is 1. The van der Waals surface area contributed by atoms with Crippen molar-refractivity contribution >= 4 is 5.97 Å². The summed E-state index contributed by atoms with van der Waals surface area (Å²) in [6, 6.07) is 2.18. The molecule has 1 aliphatic heterocycles. The van der Waals surface area contributed by atoms with Gasteiger partial charge in [0, 0.05) is 26.2 Å². The molecular weight excluding hydrogens is 242 g/mol. The summed E-state index contributed by atoms with van der Waals surface area (Å²) in [4.78, 5) is 16.2. The fraction of sp³-hybridized carbons (Fsp3) is 0.857. The largest absolute Gasteiger partial charge is 0.465 e. The first-order valence-corrected chi connectivity index (χ1v) is 7.03. The zero-order valence-corrected chi connectivity index (χ0v) is 12.5. The minimum absolute atomic E-state index is 0.127. The molecule has 0 spiro atoms. The molecule has 1 saturated heterocycles. The Morgan fingerprint density at radius 1 is 1.32 bits per heavy atom. The number of hydrogen-bond acceptors (Lipinski definition) is 5. The van der Waals surface area contributed by atoms with E-state index in [0.717, 1.165) is 32.6 Å². The van der Waals surface area contributed by atoms with Crippen molar-refractivity contribution in [1.82, 2.24) is 9.80 Å². The molecule has 1 rings (SSSR count). The summed E-state index contributed by atoms with van der Waals surface area (Å²) in [6.07, 6.45) is 0.764. The molecule has 0 bridgehead atoms. The van der Waals surface area contributed by atoms with E-state index in [2.05, 4.69) is 15.9 Å². The van der Waals surface area contributed by atoms with Gasteiger partial charge in [-0.3, -0.25) is 14.6 Å². The molecular formula is C14H25N3O2. The molecule has 1 atom stereocenters. The van der Waals surface area contributed by atoms with Crippen molar-refractivity contribution in [2.24, 2.45) is 0 Å². The first-order valence-electron chi connectivity index (χ1n) is 7.03. The molecule has 1 heterocycles. The highest BCUT2D eigenvalue weighted by molar-refractivity contribution is 5.75. The molecule has 0 radical (unpaired) electrons. The van der Waals surface area contributed by atoms with Crippen LogP contribution in [0.25, 0.3) is 0 Å². The van der Waals surface area contributed by atoms with Crippen LogP contribution in [0.1, 0.15) is 34.1 Å². The Morgan fingerprint density at radius 2 is 1.89 bits per heavy atom. The standard InChI is InChI=1S/C14H25N3O2/c1-5-12(13(18)19-6-2)16-7-9-17(10-8-16)14(3,4)11-15/h12H,5-10H2,1-4H3. The van der Waals surface area contributed by atoms with Gasteiger partial charge in [0.1, 0.15) is 11.6 Å². The summed E-state index contributed by atoms with van der Waals surface area (Å²) < 4.78 is 5.12. The highest BCUT2D eigenvalue weighted by Crippen LogP contribution is 2.18. The Morgan fingerprint density at radius 3 is 2.32 bits per heavy atom. The number of nitriles is 1. The van der Waals surface area contributed by atoms with Crippen LogP contribution in [0, 0.1) is 11.3 Å². The number of rotatable bonds is 5. The van der Waals surface area contributed by atoms with Crippen molar-refractivity contribution in [3.63, 3.8) is 0 Å². The lowest BCUT2D eigenvalue weighted by Gasteiger charge is -2.42. The summed E-state index contributed by atoms with van der Waals surface area (Å²) in [5.41, 5.74) is -0.433. The van der Waals surface area contributed by atoms with E-state index in [1.54, 1.807) is 0 Å². The molecule has 0 saturated carbocycles. The van der Waals surface area contributed by atoms with E-state index in [1.807, 2.05) is 27.7 Å². The van der Waals surface area contributed by atoms with Crippen molar-refractivity contribution in [1.29, 1.82) is 5.26 Å². The molecule has 5 nitrogen and oxygen atoms in total. The van der Waals surface area contributed by atoms with Crippen molar-refractivity contribution < 1.29 is 9.53 Å². The Kier molecular flexibility index (Phi) is 5.77. The predicted molar refractivity (Wildman–Crippen MR) is 73.6 cm³/mol.